The first-order valence-corrected chi connectivity index (χ1v) is 15.8. The lowest BCUT2D eigenvalue weighted by molar-refractivity contribution is 0.418. The summed E-state index contributed by atoms with van der Waals surface area (Å²) >= 11 is 0. The fourth-order valence-electron chi connectivity index (χ4n) is 7.94. The van der Waals surface area contributed by atoms with Gasteiger partial charge in [0.2, 0.25) is 0 Å². The lowest BCUT2D eigenvalue weighted by Gasteiger charge is -2.47. The Kier molecular flexibility index (Phi) is 5.47. The minimum Gasteiger partial charge on any atom is -0.457 e. The highest BCUT2D eigenvalue weighted by Crippen LogP contribution is 2.54. The number of para-hydroxylation sites is 4. The zero-order valence-corrected chi connectivity index (χ0v) is 26.0. The van der Waals surface area contributed by atoms with E-state index >= 15 is 0 Å². The standard InChI is InChI=1S/C41H33BN2O/c1-26-22-30-29-24-39-32(41(3,4)31-17-9-13-21-38(31)45-39)25-36(29)44(34-19-11-8-14-27(34)2)42-33-18-10-12-20-35(33)43(37(23-26)40(30)42)28-15-6-5-7-16-28/h5-25H,1-4H3. The van der Waals surface area contributed by atoms with Crippen molar-refractivity contribution in [3.63, 3.8) is 0 Å². The summed E-state index contributed by atoms with van der Waals surface area (Å²) in [7, 11) is 0. The van der Waals surface area contributed by atoms with E-state index in [9.17, 15) is 0 Å². The molecule has 0 aliphatic carbocycles. The van der Waals surface area contributed by atoms with Crippen LogP contribution in [0.25, 0.3) is 11.1 Å². The van der Waals surface area contributed by atoms with Gasteiger partial charge in [-0.1, -0.05) is 92.7 Å². The molecule has 0 saturated carbocycles. The summed E-state index contributed by atoms with van der Waals surface area (Å²) in [5.74, 6) is 1.88. The highest BCUT2D eigenvalue weighted by molar-refractivity contribution is 6.93. The van der Waals surface area contributed by atoms with Crippen molar-refractivity contribution in [2.24, 2.45) is 0 Å². The third kappa shape index (κ3) is 3.66. The third-order valence-electron chi connectivity index (χ3n) is 10.0. The molecule has 0 saturated heterocycles. The Hall–Kier alpha value is -5.22. The van der Waals surface area contributed by atoms with Crippen LogP contribution in [0.5, 0.6) is 11.5 Å². The van der Waals surface area contributed by atoms with Crippen LogP contribution in [0.4, 0.5) is 28.4 Å². The summed E-state index contributed by atoms with van der Waals surface area (Å²) in [4.78, 5) is 5.05. The van der Waals surface area contributed by atoms with Crippen LogP contribution >= 0.6 is 0 Å². The van der Waals surface area contributed by atoms with Gasteiger partial charge >= 0.3 is 6.85 Å². The van der Waals surface area contributed by atoms with E-state index in [0.29, 0.717) is 0 Å². The van der Waals surface area contributed by atoms with Crippen molar-refractivity contribution in [1.29, 1.82) is 0 Å². The van der Waals surface area contributed by atoms with E-state index in [1.54, 1.807) is 0 Å². The molecule has 0 radical (unpaired) electrons. The Morgan fingerprint density at radius 3 is 2.11 bits per heavy atom. The number of hydrogen-bond donors (Lipinski definition) is 0. The zero-order valence-electron chi connectivity index (χ0n) is 26.0. The SMILES string of the molecule is Cc1cc2c3c(c1)N(c1ccccc1)c1ccccc1B3N(c1ccccc1C)c1cc3c(cc1-2)Oc1ccccc1C3(C)C. The third-order valence-corrected chi connectivity index (χ3v) is 10.0. The lowest BCUT2D eigenvalue weighted by atomic mass is 9.43. The summed E-state index contributed by atoms with van der Waals surface area (Å²) in [6.45, 7) is 9.09. The van der Waals surface area contributed by atoms with Crippen LogP contribution in [0, 0.1) is 13.8 Å². The van der Waals surface area contributed by atoms with E-state index in [4.69, 9.17) is 4.74 Å². The van der Waals surface area contributed by atoms with Gasteiger partial charge in [0.05, 0.1) is 0 Å². The van der Waals surface area contributed by atoms with Gasteiger partial charge in [0.15, 0.2) is 0 Å². The molecule has 0 amide bonds. The molecule has 3 heterocycles. The van der Waals surface area contributed by atoms with Gasteiger partial charge in [-0.2, -0.15) is 0 Å². The molecule has 216 valence electrons. The molecule has 4 heteroatoms. The Morgan fingerprint density at radius 2 is 1.29 bits per heavy atom. The van der Waals surface area contributed by atoms with Gasteiger partial charge in [0.1, 0.15) is 11.5 Å². The van der Waals surface area contributed by atoms with Crippen molar-refractivity contribution < 1.29 is 4.74 Å². The fourth-order valence-corrected chi connectivity index (χ4v) is 7.94. The van der Waals surface area contributed by atoms with Gasteiger partial charge in [0, 0.05) is 50.5 Å². The van der Waals surface area contributed by atoms with Crippen LogP contribution < -0.4 is 25.4 Å². The molecule has 0 bridgehead atoms. The smallest absolute Gasteiger partial charge is 0.333 e. The average molecular weight is 581 g/mol. The van der Waals surface area contributed by atoms with E-state index in [2.05, 4.69) is 165 Å². The maximum atomic E-state index is 6.70. The van der Waals surface area contributed by atoms with Crippen LogP contribution in [0.2, 0.25) is 0 Å². The summed E-state index contributed by atoms with van der Waals surface area (Å²) in [5, 5.41) is 0. The van der Waals surface area contributed by atoms with Crippen molar-refractivity contribution >= 4 is 46.2 Å². The maximum absolute atomic E-state index is 6.70. The minimum atomic E-state index is -0.219. The van der Waals surface area contributed by atoms with Crippen molar-refractivity contribution in [2.75, 3.05) is 9.71 Å². The predicted molar refractivity (Wildman–Crippen MR) is 188 cm³/mol. The molecule has 3 nitrogen and oxygen atoms in total. The maximum Gasteiger partial charge on any atom is 0.333 e. The summed E-state index contributed by atoms with van der Waals surface area (Å²) in [6, 6.07) is 46.5. The molecular weight excluding hydrogens is 547 g/mol. The second-order valence-corrected chi connectivity index (χ2v) is 13.1. The van der Waals surface area contributed by atoms with Crippen LogP contribution in [0.3, 0.4) is 0 Å². The quantitative estimate of drug-likeness (QED) is 0.190. The second-order valence-electron chi connectivity index (χ2n) is 13.1. The van der Waals surface area contributed by atoms with Crippen molar-refractivity contribution in [3.8, 4) is 22.6 Å². The van der Waals surface area contributed by atoms with Crippen LogP contribution in [-0.2, 0) is 5.41 Å². The van der Waals surface area contributed by atoms with Crippen molar-refractivity contribution in [1.82, 2.24) is 0 Å². The first-order chi connectivity index (χ1) is 21.9. The lowest BCUT2D eigenvalue weighted by Crippen LogP contribution is -2.61. The molecule has 3 aliphatic rings. The molecule has 0 aromatic heterocycles. The summed E-state index contributed by atoms with van der Waals surface area (Å²) in [5.41, 5.74) is 15.9. The number of anilines is 5. The zero-order chi connectivity index (χ0) is 30.4. The van der Waals surface area contributed by atoms with Crippen LogP contribution in [0.1, 0.15) is 36.1 Å². The number of fused-ring (bicyclic) bond motifs is 6. The Balaban J connectivity index is 1.40. The molecular formula is C41H33BN2O. The van der Waals surface area contributed by atoms with E-state index in [-0.39, 0.29) is 12.3 Å². The number of benzene rings is 6. The van der Waals surface area contributed by atoms with Crippen molar-refractivity contribution in [2.45, 2.75) is 33.1 Å². The van der Waals surface area contributed by atoms with Gasteiger partial charge < -0.3 is 14.4 Å². The first-order valence-electron chi connectivity index (χ1n) is 15.8. The van der Waals surface area contributed by atoms with E-state index in [0.717, 1.165) is 17.2 Å². The highest BCUT2D eigenvalue weighted by Gasteiger charge is 2.46. The second kappa shape index (κ2) is 9.39. The van der Waals surface area contributed by atoms with Gasteiger partial charge in [-0.15, -0.1) is 0 Å². The van der Waals surface area contributed by atoms with Gasteiger partial charge in [0.25, 0.3) is 0 Å². The molecule has 0 fully saturated rings. The monoisotopic (exact) mass is 580 g/mol. The van der Waals surface area contributed by atoms with Gasteiger partial charge in [-0.05, 0) is 90.0 Å². The molecule has 0 atom stereocenters. The average Bonchev–Trinajstić information content (AvgIpc) is 3.05. The Bertz CT molecular complexity index is 2170. The van der Waals surface area contributed by atoms with E-state index in [1.165, 1.54) is 67.1 Å². The Labute approximate surface area is 265 Å². The van der Waals surface area contributed by atoms with Gasteiger partial charge in [-0.25, -0.2) is 0 Å². The number of ether oxygens (including phenoxy) is 1. The van der Waals surface area contributed by atoms with E-state index < -0.39 is 0 Å². The topological polar surface area (TPSA) is 15.7 Å². The molecule has 6 aromatic carbocycles. The molecule has 0 N–H and O–H groups in total. The van der Waals surface area contributed by atoms with Gasteiger partial charge in [-0.3, -0.25) is 0 Å². The normalized spacial score (nSPS) is 14.9. The number of nitrogens with zero attached hydrogens (tertiary/aromatic N) is 2. The minimum absolute atomic E-state index is 0.00156. The number of aryl methyl sites for hydroxylation is 2. The molecule has 6 aromatic rings. The largest absolute Gasteiger partial charge is 0.457 e. The van der Waals surface area contributed by atoms with Crippen LogP contribution in [0.15, 0.2) is 127 Å². The molecule has 0 spiro atoms. The fraction of sp³-hybridized carbons (Fsp3) is 0.122. The highest BCUT2D eigenvalue weighted by atomic mass is 16.5. The summed E-state index contributed by atoms with van der Waals surface area (Å²) < 4.78 is 6.70. The molecule has 3 aliphatic heterocycles. The molecule has 9 rings (SSSR count). The number of hydrogen-bond acceptors (Lipinski definition) is 3. The predicted octanol–water partition coefficient (Wildman–Crippen LogP) is 9.44. The Morgan fingerprint density at radius 1 is 0.578 bits per heavy atom. The molecule has 0 unspecified atom stereocenters. The van der Waals surface area contributed by atoms with E-state index in [1.807, 2.05) is 0 Å². The van der Waals surface area contributed by atoms with Crippen molar-refractivity contribution in [3.05, 3.63) is 150 Å². The molecule has 45 heavy (non-hydrogen) atoms. The number of rotatable bonds is 2. The summed E-state index contributed by atoms with van der Waals surface area (Å²) in [6.07, 6.45) is 0. The van der Waals surface area contributed by atoms with Crippen LogP contribution in [-0.4, -0.2) is 6.85 Å². The first kappa shape index (κ1) is 26.2.